The van der Waals surface area contributed by atoms with E-state index in [0.29, 0.717) is 18.8 Å². The minimum atomic E-state index is -3.57. The fraction of sp³-hybridized carbons (Fsp3) is 0.400. The lowest BCUT2D eigenvalue weighted by Crippen LogP contribution is -2.41. The Morgan fingerprint density at radius 2 is 1.95 bits per heavy atom. The molecule has 19 heavy (non-hydrogen) atoms. The van der Waals surface area contributed by atoms with Crippen LogP contribution in [-0.4, -0.2) is 54.5 Å². The van der Waals surface area contributed by atoms with Crippen molar-refractivity contribution in [2.24, 2.45) is 0 Å². The molecule has 9 heteroatoms. The Labute approximate surface area is 117 Å². The quantitative estimate of drug-likeness (QED) is 0.625. The summed E-state index contributed by atoms with van der Waals surface area (Å²) in [6.45, 7) is 0.977. The molecule has 104 valence electrons. The second-order valence-corrected chi connectivity index (χ2v) is 7.01. The van der Waals surface area contributed by atoms with Gasteiger partial charge in [0.1, 0.15) is 0 Å². The second kappa shape index (κ2) is 6.14. The number of benzene rings is 1. The van der Waals surface area contributed by atoms with Crippen LogP contribution in [0.5, 0.6) is 0 Å². The zero-order valence-corrected chi connectivity index (χ0v) is 11.8. The topological polar surface area (TPSA) is 89.9 Å². The molecule has 1 aliphatic heterocycles. The third-order valence-corrected chi connectivity index (χ3v) is 5.22. The van der Waals surface area contributed by atoms with Crippen molar-refractivity contribution in [3.05, 3.63) is 24.3 Å². The largest absolute Gasteiger partial charge is 0.488 e. The first-order valence-corrected chi connectivity index (χ1v) is 8.40. The number of thioether (sulfide) groups is 1. The van der Waals surface area contributed by atoms with Gasteiger partial charge in [0.2, 0.25) is 0 Å². The van der Waals surface area contributed by atoms with Crippen molar-refractivity contribution in [2.75, 3.05) is 29.3 Å². The van der Waals surface area contributed by atoms with Crippen LogP contribution in [0.1, 0.15) is 0 Å². The summed E-state index contributed by atoms with van der Waals surface area (Å²) >= 11 is 1.73. The molecular weight excluding hydrogens is 287 g/mol. The molecule has 0 atom stereocenters. The summed E-state index contributed by atoms with van der Waals surface area (Å²) in [5.74, 6) is 1.58. The van der Waals surface area contributed by atoms with E-state index in [4.69, 9.17) is 10.0 Å². The van der Waals surface area contributed by atoms with Gasteiger partial charge in [0, 0.05) is 30.3 Å². The number of hydrogen-bond acceptors (Lipinski definition) is 5. The molecule has 1 aliphatic rings. The Balaban J connectivity index is 2.13. The standard InChI is InChI=1S/C10H15BN2O4S2/c14-11(15)9-2-1-3-10(8-9)12-19(16,17)13-4-6-18-7-5-13/h1-3,8,12,14-15H,4-7H2. The average Bonchev–Trinajstić information content (AvgIpc) is 2.39. The van der Waals surface area contributed by atoms with Gasteiger partial charge in [-0.3, -0.25) is 4.72 Å². The number of nitrogens with one attached hydrogen (secondary N) is 1. The first-order valence-electron chi connectivity index (χ1n) is 5.81. The summed E-state index contributed by atoms with van der Waals surface area (Å²) in [5, 5.41) is 18.1. The van der Waals surface area contributed by atoms with E-state index in [1.165, 1.54) is 16.4 Å². The van der Waals surface area contributed by atoms with Crippen molar-refractivity contribution in [2.45, 2.75) is 0 Å². The van der Waals surface area contributed by atoms with Crippen molar-refractivity contribution >= 4 is 40.2 Å². The molecule has 0 spiro atoms. The van der Waals surface area contributed by atoms with Crippen molar-refractivity contribution in [1.82, 2.24) is 4.31 Å². The van der Waals surface area contributed by atoms with E-state index in [1.807, 2.05) is 0 Å². The van der Waals surface area contributed by atoms with Gasteiger partial charge in [0.05, 0.1) is 0 Å². The van der Waals surface area contributed by atoms with E-state index >= 15 is 0 Å². The van der Waals surface area contributed by atoms with E-state index < -0.39 is 17.3 Å². The maximum Gasteiger partial charge on any atom is 0.488 e. The lowest BCUT2D eigenvalue weighted by molar-refractivity contribution is 0.425. The number of rotatable bonds is 4. The molecule has 0 bridgehead atoms. The van der Waals surface area contributed by atoms with Crippen LogP contribution in [0.3, 0.4) is 0 Å². The normalized spacial score (nSPS) is 17.2. The first kappa shape index (κ1) is 14.7. The molecular formula is C10H15BN2O4S2. The Morgan fingerprint density at radius 1 is 1.26 bits per heavy atom. The minimum Gasteiger partial charge on any atom is -0.423 e. The molecule has 1 heterocycles. The zero-order chi connectivity index (χ0) is 13.9. The maximum absolute atomic E-state index is 12.1. The molecule has 0 aromatic heterocycles. The van der Waals surface area contributed by atoms with Crippen molar-refractivity contribution < 1.29 is 18.5 Å². The smallest absolute Gasteiger partial charge is 0.423 e. The van der Waals surface area contributed by atoms with Gasteiger partial charge in [-0.2, -0.15) is 24.5 Å². The van der Waals surface area contributed by atoms with E-state index in [2.05, 4.69) is 4.72 Å². The molecule has 3 N–H and O–H groups in total. The summed E-state index contributed by atoms with van der Waals surface area (Å²) in [6, 6.07) is 6.06. The summed E-state index contributed by atoms with van der Waals surface area (Å²) in [7, 11) is -5.19. The maximum atomic E-state index is 12.1. The summed E-state index contributed by atoms with van der Waals surface area (Å²) < 4.78 is 28.1. The van der Waals surface area contributed by atoms with E-state index in [-0.39, 0.29) is 5.46 Å². The Hall–Kier alpha value is -0.735. The van der Waals surface area contributed by atoms with Gasteiger partial charge in [0.15, 0.2) is 0 Å². The molecule has 2 rings (SSSR count). The van der Waals surface area contributed by atoms with Crippen LogP contribution in [0.25, 0.3) is 0 Å². The van der Waals surface area contributed by atoms with Crippen LogP contribution in [0, 0.1) is 0 Å². The lowest BCUT2D eigenvalue weighted by Gasteiger charge is -2.26. The SMILES string of the molecule is O=S(=O)(Nc1cccc(B(O)O)c1)N1CCSCC1. The molecule has 0 unspecified atom stereocenters. The van der Waals surface area contributed by atoms with Gasteiger partial charge in [-0.25, -0.2) is 0 Å². The zero-order valence-electron chi connectivity index (χ0n) is 10.2. The predicted octanol–water partition coefficient (Wildman–Crippen LogP) is -0.928. The number of hydrogen-bond donors (Lipinski definition) is 3. The van der Waals surface area contributed by atoms with Crippen molar-refractivity contribution in [3.63, 3.8) is 0 Å². The average molecular weight is 302 g/mol. The summed E-state index contributed by atoms with van der Waals surface area (Å²) in [4.78, 5) is 0. The predicted molar refractivity (Wildman–Crippen MR) is 77.7 cm³/mol. The van der Waals surface area contributed by atoms with Crippen molar-refractivity contribution in [3.8, 4) is 0 Å². The highest BCUT2D eigenvalue weighted by Crippen LogP contribution is 2.15. The lowest BCUT2D eigenvalue weighted by atomic mass is 9.80. The minimum absolute atomic E-state index is 0.245. The van der Waals surface area contributed by atoms with Crippen LogP contribution >= 0.6 is 11.8 Å². The molecule has 1 aromatic rings. The van der Waals surface area contributed by atoms with Crippen LogP contribution in [0.4, 0.5) is 5.69 Å². The summed E-state index contributed by atoms with van der Waals surface area (Å²) in [6.07, 6.45) is 0. The molecule has 0 saturated carbocycles. The van der Waals surface area contributed by atoms with Gasteiger partial charge < -0.3 is 10.0 Å². The van der Waals surface area contributed by atoms with Crippen LogP contribution in [0.15, 0.2) is 24.3 Å². The highest BCUT2D eigenvalue weighted by atomic mass is 32.2. The fourth-order valence-corrected chi connectivity index (χ4v) is 4.11. The van der Waals surface area contributed by atoms with Gasteiger partial charge in [-0.15, -0.1) is 0 Å². The van der Waals surface area contributed by atoms with Crippen LogP contribution in [0.2, 0.25) is 0 Å². The third kappa shape index (κ3) is 3.86. The van der Waals surface area contributed by atoms with Gasteiger partial charge in [-0.1, -0.05) is 12.1 Å². The van der Waals surface area contributed by atoms with E-state index in [1.54, 1.807) is 23.9 Å². The molecule has 0 aliphatic carbocycles. The molecule has 0 radical (unpaired) electrons. The third-order valence-electron chi connectivity index (χ3n) is 2.74. The second-order valence-electron chi connectivity index (χ2n) is 4.12. The van der Waals surface area contributed by atoms with E-state index in [0.717, 1.165) is 11.5 Å². The molecule has 1 aromatic carbocycles. The fourth-order valence-electron chi connectivity index (χ4n) is 1.76. The Bertz CT molecular complexity index is 532. The first-order chi connectivity index (χ1) is 8.99. The van der Waals surface area contributed by atoms with Gasteiger partial charge in [-0.05, 0) is 17.6 Å². The van der Waals surface area contributed by atoms with Gasteiger partial charge >= 0.3 is 17.3 Å². The van der Waals surface area contributed by atoms with Crippen LogP contribution < -0.4 is 10.2 Å². The molecule has 1 fully saturated rings. The molecule has 6 nitrogen and oxygen atoms in total. The number of nitrogens with zero attached hydrogens (tertiary/aromatic N) is 1. The van der Waals surface area contributed by atoms with E-state index in [9.17, 15) is 8.42 Å². The van der Waals surface area contributed by atoms with Crippen LogP contribution in [-0.2, 0) is 10.2 Å². The molecule has 0 amide bonds. The highest BCUT2D eigenvalue weighted by Gasteiger charge is 2.24. The highest BCUT2D eigenvalue weighted by molar-refractivity contribution is 7.99. The monoisotopic (exact) mass is 302 g/mol. The summed E-state index contributed by atoms with van der Waals surface area (Å²) in [5.41, 5.74) is 0.568. The van der Waals surface area contributed by atoms with Gasteiger partial charge in [0.25, 0.3) is 0 Å². The Kier molecular flexibility index (Phi) is 4.74. The molecule has 1 saturated heterocycles. The van der Waals surface area contributed by atoms with Crippen molar-refractivity contribution in [1.29, 1.82) is 0 Å². The Morgan fingerprint density at radius 3 is 2.58 bits per heavy atom. The number of anilines is 1.